The molecule has 0 radical (unpaired) electrons. The molecule has 0 saturated heterocycles. The number of amidine groups is 1. The third-order valence-electron chi connectivity index (χ3n) is 14.6. The van der Waals surface area contributed by atoms with Crippen LogP contribution in [-0.2, 0) is 19.3 Å². The minimum Gasteiger partial charge on any atom is -0.496 e. The summed E-state index contributed by atoms with van der Waals surface area (Å²) in [6.07, 6.45) is 4.68. The molecule has 1 aliphatic heterocycles. The van der Waals surface area contributed by atoms with Crippen LogP contribution in [0.5, 0.6) is 17.2 Å². The predicted molar refractivity (Wildman–Crippen MR) is 392 cm³/mol. The maximum Gasteiger partial charge on any atom is 0.257 e. The summed E-state index contributed by atoms with van der Waals surface area (Å²) in [6, 6.07) is 41.2. The Morgan fingerprint density at radius 3 is 1.08 bits per heavy atom. The van der Waals surface area contributed by atoms with Crippen molar-refractivity contribution in [2.24, 2.45) is 4.99 Å². The van der Waals surface area contributed by atoms with Crippen LogP contribution in [0.1, 0.15) is 109 Å². The monoisotopic (exact) mass is 1630 g/mol. The van der Waals surface area contributed by atoms with Crippen LogP contribution < -0.4 is 30.2 Å². The van der Waals surface area contributed by atoms with E-state index in [0.717, 1.165) is 49.0 Å². The second-order valence-corrected chi connectivity index (χ2v) is 26.3. The fraction of sp³-hybridized carbons (Fsp3) is 0.155. The number of halogens is 6. The first-order chi connectivity index (χ1) is 45.9. The number of benzene rings is 6. The summed E-state index contributed by atoms with van der Waals surface area (Å²) >= 11 is 23.0. The number of carbonyl (C=O) groups is 6. The maximum absolute atomic E-state index is 13.2. The van der Waals surface area contributed by atoms with Crippen molar-refractivity contribution in [1.29, 1.82) is 10.8 Å². The maximum atomic E-state index is 13.2. The first-order valence-electron chi connectivity index (χ1n) is 29.1. The molecule has 10 rings (SSSR count). The van der Waals surface area contributed by atoms with Gasteiger partial charge in [0, 0.05) is 146 Å². The van der Waals surface area contributed by atoms with Crippen molar-refractivity contribution < 1.29 is 43.0 Å². The van der Waals surface area contributed by atoms with E-state index in [1.54, 1.807) is 160 Å². The SMILES string of the molecule is COc1cc(Br)cc(C(=O)Nc2ccc(Br)cn2)c1CC(=O)c1ccc(C(C)=N)cc1.COc1cc(Br)cc(C(=O)Nc2ccc(Br)cn2)c1CC(=O)c1ccc(C(C)=N)cc1.COc1cc(Cl)cc(C(=O)Nc2ccc(Br)cn2)c1CC(=O)c1ccc(C2=NCCN2C)cc1. The Bertz CT molecular complexity index is 4260. The van der Waals surface area contributed by atoms with Crippen LogP contribution in [0.3, 0.4) is 0 Å². The van der Waals surface area contributed by atoms with Crippen LogP contribution in [0.25, 0.3) is 0 Å². The number of aromatic nitrogens is 3. The van der Waals surface area contributed by atoms with E-state index in [-0.39, 0.29) is 42.2 Å². The van der Waals surface area contributed by atoms with Gasteiger partial charge in [-0.15, -0.1) is 0 Å². The Morgan fingerprint density at radius 2 is 0.781 bits per heavy atom. The number of ketones is 3. The van der Waals surface area contributed by atoms with E-state index in [0.29, 0.717) is 105 Å². The van der Waals surface area contributed by atoms with Gasteiger partial charge in [0.15, 0.2) is 17.3 Å². The fourth-order valence-corrected chi connectivity index (χ4v) is 11.5. The van der Waals surface area contributed by atoms with Crippen molar-refractivity contribution in [3.8, 4) is 17.2 Å². The molecule has 25 heteroatoms. The van der Waals surface area contributed by atoms with Crippen LogP contribution in [0.2, 0.25) is 5.02 Å². The number of amides is 3. The smallest absolute Gasteiger partial charge is 0.257 e. The second kappa shape index (κ2) is 34.2. The fourth-order valence-electron chi connectivity index (χ4n) is 9.69. The van der Waals surface area contributed by atoms with E-state index in [1.165, 1.54) is 27.4 Å². The summed E-state index contributed by atoms with van der Waals surface area (Å²) in [5.41, 5.74) is 7.14. The van der Waals surface area contributed by atoms with Crippen LogP contribution in [0, 0.1) is 10.8 Å². The van der Waals surface area contributed by atoms with Gasteiger partial charge in [0.1, 0.15) is 40.5 Å². The molecule has 19 nitrogen and oxygen atoms in total. The van der Waals surface area contributed by atoms with Gasteiger partial charge >= 0.3 is 0 Å². The molecule has 96 heavy (non-hydrogen) atoms. The molecule has 0 saturated carbocycles. The lowest BCUT2D eigenvalue weighted by Crippen LogP contribution is -2.23. The molecule has 0 atom stereocenters. The number of pyridine rings is 3. The molecule has 0 bridgehead atoms. The first kappa shape index (κ1) is 72.9. The van der Waals surface area contributed by atoms with Crippen molar-refractivity contribution in [3.05, 3.63) is 258 Å². The highest BCUT2D eigenvalue weighted by Crippen LogP contribution is 2.34. The summed E-state index contributed by atoms with van der Waals surface area (Å²) in [5.74, 6) is 1.61. The third-order valence-corrected chi connectivity index (χ3v) is 17.2. The Morgan fingerprint density at radius 1 is 0.458 bits per heavy atom. The van der Waals surface area contributed by atoms with Gasteiger partial charge in [-0.1, -0.05) is 116 Å². The molecule has 3 aromatic heterocycles. The number of hydrogen-bond acceptors (Lipinski definition) is 16. The van der Waals surface area contributed by atoms with E-state index in [9.17, 15) is 28.8 Å². The van der Waals surface area contributed by atoms with E-state index in [4.69, 9.17) is 36.6 Å². The number of Topliss-reactive ketones (excluding diaryl/α,β-unsaturated/α-hetero) is 3. The lowest BCUT2D eigenvalue weighted by molar-refractivity contribution is 0.0979. The van der Waals surface area contributed by atoms with Gasteiger partial charge in [0.25, 0.3) is 17.7 Å². The van der Waals surface area contributed by atoms with E-state index < -0.39 is 17.7 Å². The molecular formula is C71H60Br5ClN10O9. The average molecular weight is 1630 g/mol. The number of nitrogens with one attached hydrogen (secondary N) is 5. The highest BCUT2D eigenvalue weighted by molar-refractivity contribution is 9.11. The van der Waals surface area contributed by atoms with Gasteiger partial charge in [0.2, 0.25) is 0 Å². The Balaban J connectivity index is 0.000000185. The van der Waals surface area contributed by atoms with Crippen molar-refractivity contribution in [2.75, 3.05) is 57.4 Å². The zero-order valence-electron chi connectivity index (χ0n) is 52.3. The molecule has 4 heterocycles. The molecule has 490 valence electrons. The molecule has 0 fully saturated rings. The highest BCUT2D eigenvalue weighted by Gasteiger charge is 2.25. The van der Waals surface area contributed by atoms with Crippen LogP contribution in [0.4, 0.5) is 17.5 Å². The summed E-state index contributed by atoms with van der Waals surface area (Å²) in [4.78, 5) is 97.2. The number of likely N-dealkylation sites (N-methyl/N-ethyl adjacent to an activating group) is 1. The zero-order chi connectivity index (χ0) is 69.3. The van der Waals surface area contributed by atoms with Crippen molar-refractivity contribution >= 4 is 161 Å². The van der Waals surface area contributed by atoms with Crippen molar-refractivity contribution in [1.82, 2.24) is 19.9 Å². The van der Waals surface area contributed by atoms with Crippen molar-refractivity contribution in [3.63, 3.8) is 0 Å². The van der Waals surface area contributed by atoms with Crippen LogP contribution in [0.15, 0.2) is 192 Å². The standard InChI is InChI=1S/C25H22BrClN4O3.2C23H19Br2N3O3/c1-31-10-9-28-24(31)16-5-3-15(4-6-16)21(32)13-19-20(11-18(27)12-22(19)34-2)25(33)30-23-8-7-17(26)14-29-23;2*1-13(26)14-3-5-15(6-4-14)20(29)11-18-19(9-17(25)10-21(18)31-2)23(30)28-22-8-7-16(24)12-27-22/h3-8,11-12,14H,9-10,13H2,1-2H3,(H,29,30,33);2*3-10,12,26H,11H2,1-2H3,(H,27,28,30). The topological polar surface area (TPSA) is 268 Å². The highest BCUT2D eigenvalue weighted by atomic mass is 79.9. The predicted octanol–water partition coefficient (Wildman–Crippen LogP) is 16.2. The number of hydrogen-bond donors (Lipinski definition) is 5. The Kier molecular flexibility index (Phi) is 25.9. The largest absolute Gasteiger partial charge is 0.496 e. The zero-order valence-corrected chi connectivity index (χ0v) is 61.0. The van der Waals surface area contributed by atoms with Crippen LogP contribution in [-0.4, -0.2) is 114 Å². The van der Waals surface area contributed by atoms with Gasteiger partial charge in [-0.2, -0.15) is 0 Å². The summed E-state index contributed by atoms with van der Waals surface area (Å²) < 4.78 is 20.1. The van der Waals surface area contributed by atoms with Crippen molar-refractivity contribution in [2.45, 2.75) is 33.1 Å². The average Bonchev–Trinajstić information content (AvgIpc) is 1.18. The lowest BCUT2D eigenvalue weighted by atomic mass is 9.96. The third kappa shape index (κ3) is 19.6. The number of ether oxygens (including phenoxy) is 3. The van der Waals surface area contributed by atoms with E-state index >= 15 is 0 Å². The molecule has 0 unspecified atom stereocenters. The number of nitrogens with zero attached hydrogens (tertiary/aromatic N) is 5. The van der Waals surface area contributed by atoms with E-state index in [1.807, 2.05) is 19.2 Å². The number of carbonyl (C=O) groups excluding carboxylic acids is 6. The van der Waals surface area contributed by atoms with Gasteiger partial charge in [0.05, 0.1) is 27.9 Å². The minimum atomic E-state index is -0.434. The molecule has 9 aromatic rings. The second-order valence-electron chi connectivity index (χ2n) is 21.3. The quantitative estimate of drug-likeness (QED) is 0.0331. The number of anilines is 3. The number of aliphatic imine (C=N–C) groups is 1. The molecular weight excluding hydrogens is 1570 g/mol. The molecule has 0 aliphatic carbocycles. The molecule has 3 amide bonds. The number of rotatable bonds is 21. The summed E-state index contributed by atoms with van der Waals surface area (Å²) in [5, 5.41) is 24.0. The Hall–Kier alpha value is -8.91. The van der Waals surface area contributed by atoms with Gasteiger partial charge in [-0.05, 0) is 146 Å². The van der Waals surface area contributed by atoms with Gasteiger partial charge < -0.3 is 45.9 Å². The lowest BCUT2D eigenvalue weighted by Gasteiger charge is -2.15. The normalized spacial score (nSPS) is 11.3. The van der Waals surface area contributed by atoms with Crippen LogP contribution >= 0.6 is 91.3 Å². The Labute approximate surface area is 600 Å². The molecule has 5 N–H and O–H groups in total. The molecule has 6 aromatic carbocycles. The first-order valence-corrected chi connectivity index (χ1v) is 33.4. The minimum absolute atomic E-state index is 0.0180. The van der Waals surface area contributed by atoms with Gasteiger partial charge in [-0.3, -0.25) is 33.8 Å². The summed E-state index contributed by atoms with van der Waals surface area (Å²) in [6.45, 7) is 5.03. The number of methoxy groups -OCH3 is 3. The molecule has 1 aliphatic rings. The van der Waals surface area contributed by atoms with E-state index in [2.05, 4.69) is 120 Å². The molecule has 0 spiro atoms. The summed E-state index contributed by atoms with van der Waals surface area (Å²) in [7, 11) is 6.46. The van der Waals surface area contributed by atoms with Gasteiger partial charge in [-0.25, -0.2) is 15.0 Å².